The quantitative estimate of drug-likeness (QED) is 0.296. The second-order valence-corrected chi connectivity index (χ2v) is 10.6. The third-order valence-corrected chi connectivity index (χ3v) is 7.40. The lowest BCUT2D eigenvalue weighted by atomic mass is 9.97. The van der Waals surface area contributed by atoms with Crippen molar-refractivity contribution < 1.29 is 19.1 Å². The van der Waals surface area contributed by atoms with Gasteiger partial charge in [0.25, 0.3) is 0 Å². The van der Waals surface area contributed by atoms with Crippen LogP contribution in [0.3, 0.4) is 0 Å². The molecule has 3 aromatic carbocycles. The molecule has 0 bridgehead atoms. The van der Waals surface area contributed by atoms with E-state index < -0.39 is 11.6 Å². The number of aromatic nitrogens is 4. The van der Waals surface area contributed by atoms with Crippen LogP contribution in [0.25, 0.3) is 21.9 Å². The van der Waals surface area contributed by atoms with Crippen molar-refractivity contribution >= 4 is 39.4 Å². The highest BCUT2D eigenvalue weighted by molar-refractivity contribution is 6.02. The summed E-state index contributed by atoms with van der Waals surface area (Å²) < 4.78 is 12.7. The van der Waals surface area contributed by atoms with E-state index in [1.807, 2.05) is 75.4 Å². The summed E-state index contributed by atoms with van der Waals surface area (Å²) in [6.45, 7) is 5.88. The van der Waals surface area contributed by atoms with Gasteiger partial charge in [0.1, 0.15) is 18.1 Å². The second-order valence-electron chi connectivity index (χ2n) is 10.6. The lowest BCUT2D eigenvalue weighted by Gasteiger charge is -2.34. The number of carbonyl (C=O) groups excluding carboxylic acids is 2. The van der Waals surface area contributed by atoms with Crippen LogP contribution in [-0.4, -0.2) is 44.1 Å². The smallest absolute Gasteiger partial charge is 0.249 e. The average molecular weight is 551 g/mol. The highest BCUT2D eigenvalue weighted by atomic mass is 16.7. The van der Waals surface area contributed by atoms with E-state index in [9.17, 15) is 9.59 Å². The van der Waals surface area contributed by atoms with Crippen LogP contribution in [-0.2, 0) is 16.1 Å². The van der Waals surface area contributed by atoms with E-state index in [0.717, 1.165) is 16.4 Å². The van der Waals surface area contributed by atoms with Crippen LogP contribution in [0.1, 0.15) is 38.8 Å². The van der Waals surface area contributed by atoms with Crippen LogP contribution in [0.5, 0.6) is 11.5 Å². The Morgan fingerprint density at radius 1 is 1.00 bits per heavy atom. The summed E-state index contributed by atoms with van der Waals surface area (Å²) >= 11 is 0. The molecule has 0 saturated heterocycles. The topological polar surface area (TPSA) is 111 Å². The standard InChI is InChI=1S/C31H30N6O4/c1-4-31(2,3)33-30(39)29(21-11-13-23-20(16-21)8-7-15-32-23)37(22-12-14-26-27(17-22)41-19-40-26)28(38)18-36-25-10-6-5-9-24(25)34-35-36/h5-17,29H,4,18-19H2,1-3H3,(H,33,39)/t29-/m0/s1. The molecule has 0 unspecified atom stereocenters. The average Bonchev–Trinajstić information content (AvgIpc) is 3.62. The third-order valence-electron chi connectivity index (χ3n) is 7.40. The number of rotatable bonds is 8. The van der Waals surface area contributed by atoms with Crippen LogP contribution >= 0.6 is 0 Å². The molecule has 3 heterocycles. The molecule has 0 aliphatic carbocycles. The Morgan fingerprint density at radius 2 is 1.83 bits per heavy atom. The number of para-hydroxylation sites is 1. The van der Waals surface area contributed by atoms with Crippen molar-refractivity contribution in [2.24, 2.45) is 0 Å². The van der Waals surface area contributed by atoms with Gasteiger partial charge < -0.3 is 14.8 Å². The SMILES string of the molecule is CCC(C)(C)NC(=O)[C@H](c1ccc2ncccc2c1)N(C(=O)Cn1nnc2ccccc21)c1ccc2c(c1)OCO2. The molecule has 0 saturated carbocycles. The summed E-state index contributed by atoms with van der Waals surface area (Å²) in [4.78, 5) is 34.5. The summed E-state index contributed by atoms with van der Waals surface area (Å²) in [6, 6.07) is 21.1. The van der Waals surface area contributed by atoms with Gasteiger partial charge in [-0.05, 0) is 68.3 Å². The first-order chi connectivity index (χ1) is 19.8. The van der Waals surface area contributed by atoms with Crippen LogP contribution in [0.2, 0.25) is 0 Å². The molecule has 41 heavy (non-hydrogen) atoms. The first kappa shape index (κ1) is 26.2. The van der Waals surface area contributed by atoms with Crippen LogP contribution in [0.15, 0.2) is 79.0 Å². The first-order valence-corrected chi connectivity index (χ1v) is 13.5. The zero-order valence-electron chi connectivity index (χ0n) is 23.1. The molecule has 0 spiro atoms. The molecular weight excluding hydrogens is 520 g/mol. The summed E-state index contributed by atoms with van der Waals surface area (Å²) in [5.41, 5.74) is 2.82. The minimum absolute atomic E-state index is 0.0873. The normalized spacial score (nSPS) is 13.3. The predicted octanol–water partition coefficient (Wildman–Crippen LogP) is 4.79. The largest absolute Gasteiger partial charge is 0.454 e. The fourth-order valence-corrected chi connectivity index (χ4v) is 4.88. The molecule has 0 fully saturated rings. The number of fused-ring (bicyclic) bond motifs is 3. The first-order valence-electron chi connectivity index (χ1n) is 13.5. The lowest BCUT2D eigenvalue weighted by Crippen LogP contribution is -2.51. The zero-order chi connectivity index (χ0) is 28.6. The number of nitrogens with one attached hydrogen (secondary N) is 1. The van der Waals surface area contributed by atoms with Crippen LogP contribution < -0.4 is 19.7 Å². The van der Waals surface area contributed by atoms with Gasteiger partial charge in [-0.2, -0.15) is 0 Å². The Labute approximate surface area is 236 Å². The van der Waals surface area contributed by atoms with Crippen molar-refractivity contribution in [1.29, 1.82) is 0 Å². The Morgan fingerprint density at radius 3 is 2.68 bits per heavy atom. The van der Waals surface area contributed by atoms with Crippen molar-refractivity contribution in [3.63, 3.8) is 0 Å². The maximum atomic E-state index is 14.3. The molecule has 2 aromatic heterocycles. The minimum atomic E-state index is -1.01. The Hall–Kier alpha value is -4.99. The summed E-state index contributed by atoms with van der Waals surface area (Å²) in [5, 5.41) is 12.4. The monoisotopic (exact) mass is 550 g/mol. The van der Waals surface area contributed by atoms with E-state index in [0.29, 0.717) is 34.7 Å². The Bertz CT molecular complexity index is 1760. The predicted molar refractivity (Wildman–Crippen MR) is 155 cm³/mol. The van der Waals surface area contributed by atoms with Crippen molar-refractivity contribution in [3.8, 4) is 11.5 Å². The maximum Gasteiger partial charge on any atom is 0.249 e. The number of nitrogens with zero attached hydrogens (tertiary/aromatic N) is 5. The van der Waals surface area contributed by atoms with Crippen LogP contribution in [0, 0.1) is 0 Å². The van der Waals surface area contributed by atoms with Gasteiger partial charge in [0.15, 0.2) is 11.5 Å². The molecule has 0 radical (unpaired) electrons. The van der Waals surface area contributed by atoms with Crippen molar-refractivity contribution in [2.45, 2.75) is 45.3 Å². The lowest BCUT2D eigenvalue weighted by molar-refractivity contribution is -0.128. The molecular formula is C31H30N6O4. The fourth-order valence-electron chi connectivity index (χ4n) is 4.88. The van der Waals surface area contributed by atoms with Crippen LogP contribution in [0.4, 0.5) is 5.69 Å². The van der Waals surface area contributed by atoms with Gasteiger partial charge >= 0.3 is 0 Å². The van der Waals surface area contributed by atoms with E-state index in [4.69, 9.17) is 9.47 Å². The Balaban J connectivity index is 1.49. The molecule has 10 nitrogen and oxygen atoms in total. The number of ether oxygens (including phenoxy) is 2. The van der Waals surface area contributed by atoms with E-state index in [1.54, 1.807) is 29.1 Å². The number of amides is 2. The third kappa shape index (κ3) is 5.16. The number of hydrogen-bond donors (Lipinski definition) is 1. The van der Waals surface area contributed by atoms with E-state index >= 15 is 0 Å². The molecule has 1 aliphatic rings. The molecule has 1 aliphatic heterocycles. The van der Waals surface area contributed by atoms with Gasteiger partial charge in [-0.3, -0.25) is 19.5 Å². The van der Waals surface area contributed by atoms with E-state index in [1.165, 1.54) is 4.90 Å². The Kier molecular flexibility index (Phi) is 6.74. The summed E-state index contributed by atoms with van der Waals surface area (Å²) in [5.74, 6) is 0.422. The molecule has 1 atom stereocenters. The summed E-state index contributed by atoms with van der Waals surface area (Å²) in [7, 11) is 0. The molecule has 208 valence electrons. The molecule has 10 heteroatoms. The fraction of sp³-hybridized carbons (Fsp3) is 0.258. The van der Waals surface area contributed by atoms with Gasteiger partial charge in [-0.1, -0.05) is 36.4 Å². The number of anilines is 1. The van der Waals surface area contributed by atoms with Gasteiger partial charge in [-0.25, -0.2) is 4.68 Å². The molecule has 5 aromatic rings. The highest BCUT2D eigenvalue weighted by Gasteiger charge is 2.36. The second kappa shape index (κ2) is 10.5. The number of benzene rings is 3. The van der Waals surface area contributed by atoms with Gasteiger partial charge in [-0.15, -0.1) is 5.10 Å². The molecule has 6 rings (SSSR count). The molecule has 1 N–H and O–H groups in total. The number of pyridine rings is 1. The minimum Gasteiger partial charge on any atom is -0.454 e. The number of carbonyl (C=O) groups is 2. The van der Waals surface area contributed by atoms with Gasteiger partial charge in [0, 0.05) is 28.9 Å². The van der Waals surface area contributed by atoms with E-state index in [2.05, 4.69) is 20.6 Å². The maximum absolute atomic E-state index is 14.3. The molecule has 2 amide bonds. The zero-order valence-corrected chi connectivity index (χ0v) is 23.1. The van der Waals surface area contributed by atoms with E-state index in [-0.39, 0.29) is 25.2 Å². The van der Waals surface area contributed by atoms with Gasteiger partial charge in [0.05, 0.1) is 11.0 Å². The van der Waals surface area contributed by atoms with Crippen molar-refractivity contribution in [2.75, 3.05) is 11.7 Å². The number of hydrogen-bond acceptors (Lipinski definition) is 7. The van der Waals surface area contributed by atoms with Crippen molar-refractivity contribution in [1.82, 2.24) is 25.3 Å². The highest BCUT2D eigenvalue weighted by Crippen LogP contribution is 2.39. The summed E-state index contributed by atoms with van der Waals surface area (Å²) in [6.07, 6.45) is 2.43. The van der Waals surface area contributed by atoms with Crippen molar-refractivity contribution in [3.05, 3.63) is 84.6 Å². The van der Waals surface area contributed by atoms with Gasteiger partial charge in [0.2, 0.25) is 18.6 Å².